The maximum atomic E-state index is 10.9. The number of esters is 1. The Bertz CT molecular complexity index is 290. The molecule has 0 aliphatic carbocycles. The summed E-state index contributed by atoms with van der Waals surface area (Å²) < 4.78 is 4.73. The van der Waals surface area contributed by atoms with Gasteiger partial charge in [0.1, 0.15) is 0 Å². The number of carbonyl (C=O) groups is 1. The van der Waals surface area contributed by atoms with Crippen molar-refractivity contribution in [1.82, 2.24) is 0 Å². The summed E-state index contributed by atoms with van der Waals surface area (Å²) in [5.41, 5.74) is 1.63. The first-order valence-corrected chi connectivity index (χ1v) is 7.81. The van der Waals surface area contributed by atoms with Crippen molar-refractivity contribution >= 4 is 40.8 Å². The molecule has 124 valence electrons. The third-order valence-electron chi connectivity index (χ3n) is 2.02. The zero-order valence-electron chi connectivity index (χ0n) is 13.3. The zero-order valence-corrected chi connectivity index (χ0v) is 15.5. The van der Waals surface area contributed by atoms with Gasteiger partial charge in [0.05, 0.1) is 10.8 Å². The Morgan fingerprint density at radius 2 is 1.57 bits per heavy atom. The molecule has 0 rings (SSSR count). The van der Waals surface area contributed by atoms with E-state index in [1.54, 1.807) is 0 Å². The van der Waals surface area contributed by atoms with Gasteiger partial charge in [0, 0.05) is 6.42 Å². The van der Waals surface area contributed by atoms with Gasteiger partial charge in [0.15, 0.2) is 0 Å². The van der Waals surface area contributed by atoms with Crippen LogP contribution in [0.3, 0.4) is 0 Å². The van der Waals surface area contributed by atoms with Crippen molar-refractivity contribution in [1.29, 1.82) is 0 Å². The molecule has 0 aromatic carbocycles. The van der Waals surface area contributed by atoms with Crippen molar-refractivity contribution in [3.8, 4) is 0 Å². The van der Waals surface area contributed by atoms with E-state index in [9.17, 15) is 4.79 Å². The van der Waals surface area contributed by atoms with Gasteiger partial charge < -0.3 is 4.74 Å². The van der Waals surface area contributed by atoms with Crippen molar-refractivity contribution in [2.45, 2.75) is 52.9 Å². The molecular formula is C16H27Cl3O2. The van der Waals surface area contributed by atoms with Gasteiger partial charge >= 0.3 is 5.97 Å². The Kier molecular flexibility index (Phi) is 21.4. The molecule has 0 aliphatic rings. The number of rotatable bonds is 6. The largest absolute Gasteiger partial charge is 0.435 e. The van der Waals surface area contributed by atoms with E-state index in [1.165, 1.54) is 24.6 Å². The maximum Gasteiger partial charge on any atom is 0.310 e. The lowest BCUT2D eigenvalue weighted by atomic mass is 9.89. The van der Waals surface area contributed by atoms with Crippen LogP contribution in [0.1, 0.15) is 52.9 Å². The van der Waals surface area contributed by atoms with Crippen LogP contribution in [0, 0.1) is 5.41 Å². The van der Waals surface area contributed by atoms with Gasteiger partial charge in [0.25, 0.3) is 0 Å². The second-order valence-electron chi connectivity index (χ2n) is 5.27. The maximum absolute atomic E-state index is 10.9. The Morgan fingerprint density at radius 1 is 1.14 bits per heavy atom. The Morgan fingerprint density at radius 3 is 1.90 bits per heavy atom. The standard InChI is InChI=1S/C12H22O2.C2H2Cl2.C2H3Cl/c1-5-14-11(13)9-7-6-8-10-12(2,3)4;1-2(3)4;1-2-3/h5H,1,6-10H2,2-4H3;1H2;2H,1H2. The molecule has 0 saturated carbocycles. The molecule has 0 fully saturated rings. The topological polar surface area (TPSA) is 26.3 Å². The minimum Gasteiger partial charge on any atom is -0.435 e. The van der Waals surface area contributed by atoms with Crippen LogP contribution in [-0.4, -0.2) is 5.97 Å². The van der Waals surface area contributed by atoms with Crippen LogP contribution >= 0.6 is 34.8 Å². The molecular weight excluding hydrogens is 331 g/mol. The molecule has 2 nitrogen and oxygen atoms in total. The van der Waals surface area contributed by atoms with E-state index in [4.69, 9.17) is 34.8 Å². The van der Waals surface area contributed by atoms with Gasteiger partial charge in [0.2, 0.25) is 0 Å². The SMILES string of the molecule is C=C(Cl)Cl.C=CCl.C=COC(=O)CCCCCC(C)(C)C. The summed E-state index contributed by atoms with van der Waals surface area (Å²) in [7, 11) is 0. The van der Waals surface area contributed by atoms with Crippen molar-refractivity contribution in [2.75, 3.05) is 0 Å². The van der Waals surface area contributed by atoms with Crippen LogP contribution in [0.2, 0.25) is 0 Å². The Balaban J connectivity index is -0.000000386. The first kappa shape index (κ1) is 25.5. The summed E-state index contributed by atoms with van der Waals surface area (Å²) in [6.07, 6.45) is 6.12. The molecule has 21 heavy (non-hydrogen) atoms. The van der Waals surface area contributed by atoms with E-state index in [2.05, 4.69) is 45.2 Å². The highest BCUT2D eigenvalue weighted by Crippen LogP contribution is 2.22. The van der Waals surface area contributed by atoms with E-state index in [0.717, 1.165) is 12.8 Å². The van der Waals surface area contributed by atoms with E-state index in [1.807, 2.05) is 0 Å². The summed E-state index contributed by atoms with van der Waals surface area (Å²) in [4.78, 5) is 10.9. The molecule has 0 aromatic rings. The molecule has 0 N–H and O–H groups in total. The molecule has 0 amide bonds. The van der Waals surface area contributed by atoms with Gasteiger partial charge in [-0.3, -0.25) is 4.79 Å². The number of unbranched alkanes of at least 4 members (excludes halogenated alkanes) is 2. The fraction of sp³-hybridized carbons (Fsp3) is 0.562. The fourth-order valence-corrected chi connectivity index (χ4v) is 1.25. The fourth-order valence-electron chi connectivity index (χ4n) is 1.25. The van der Waals surface area contributed by atoms with Crippen molar-refractivity contribution in [2.24, 2.45) is 5.41 Å². The molecule has 5 heteroatoms. The van der Waals surface area contributed by atoms with Crippen molar-refractivity contribution in [3.63, 3.8) is 0 Å². The summed E-state index contributed by atoms with van der Waals surface area (Å²) in [6.45, 7) is 16.3. The van der Waals surface area contributed by atoms with Crippen LogP contribution in [-0.2, 0) is 9.53 Å². The van der Waals surface area contributed by atoms with Crippen LogP contribution < -0.4 is 0 Å². The number of ether oxygens (including phenoxy) is 1. The molecule has 0 heterocycles. The summed E-state index contributed by atoms with van der Waals surface area (Å²) in [6, 6.07) is 0. The second kappa shape index (κ2) is 17.6. The third kappa shape index (κ3) is 45.1. The first-order valence-electron chi connectivity index (χ1n) is 6.62. The normalized spacial score (nSPS) is 9.24. The number of carbonyl (C=O) groups excluding carboxylic acids is 1. The average molecular weight is 358 g/mol. The van der Waals surface area contributed by atoms with Crippen molar-refractivity contribution in [3.05, 3.63) is 36.0 Å². The molecule has 0 bridgehead atoms. The molecule has 0 aliphatic heterocycles. The summed E-state index contributed by atoms with van der Waals surface area (Å²) in [5, 5.41) is 0. The highest BCUT2D eigenvalue weighted by molar-refractivity contribution is 6.55. The quantitative estimate of drug-likeness (QED) is 0.291. The van der Waals surface area contributed by atoms with Gasteiger partial charge in [-0.25, -0.2) is 0 Å². The predicted octanol–water partition coefficient (Wildman–Crippen LogP) is 6.97. The minimum absolute atomic E-state index is 0.111. The monoisotopic (exact) mass is 356 g/mol. The van der Waals surface area contributed by atoms with Crippen LogP contribution in [0.4, 0.5) is 0 Å². The van der Waals surface area contributed by atoms with Gasteiger partial charge in [-0.05, 0) is 23.8 Å². The highest BCUT2D eigenvalue weighted by Gasteiger charge is 2.09. The predicted molar refractivity (Wildman–Crippen MR) is 95.7 cm³/mol. The van der Waals surface area contributed by atoms with E-state index < -0.39 is 0 Å². The molecule has 0 unspecified atom stereocenters. The Labute approximate surface area is 144 Å². The Hall–Kier alpha value is -0.440. The number of hydrogen-bond donors (Lipinski definition) is 0. The molecule has 0 spiro atoms. The second-order valence-corrected chi connectivity index (χ2v) is 6.69. The highest BCUT2D eigenvalue weighted by atomic mass is 35.5. The molecule has 0 aromatic heterocycles. The molecule has 0 saturated heterocycles. The van der Waals surface area contributed by atoms with Crippen molar-refractivity contribution < 1.29 is 9.53 Å². The zero-order chi connectivity index (χ0) is 17.3. The first-order chi connectivity index (χ1) is 9.60. The summed E-state index contributed by atoms with van der Waals surface area (Å²) in [5.74, 6) is -0.171. The van der Waals surface area contributed by atoms with Gasteiger partial charge in [-0.1, -0.05) is 88.2 Å². The van der Waals surface area contributed by atoms with Gasteiger partial charge in [-0.2, -0.15) is 0 Å². The van der Waals surface area contributed by atoms with Crippen LogP contribution in [0.5, 0.6) is 0 Å². The lowest BCUT2D eigenvalue weighted by Gasteiger charge is -2.17. The number of hydrogen-bond acceptors (Lipinski definition) is 2. The lowest BCUT2D eigenvalue weighted by Crippen LogP contribution is -2.04. The van der Waals surface area contributed by atoms with E-state index >= 15 is 0 Å². The number of halogens is 3. The van der Waals surface area contributed by atoms with Crippen LogP contribution in [0.25, 0.3) is 0 Å². The van der Waals surface area contributed by atoms with Gasteiger partial charge in [-0.15, -0.1) is 0 Å². The third-order valence-corrected chi connectivity index (χ3v) is 2.02. The minimum atomic E-state index is -0.171. The van der Waals surface area contributed by atoms with E-state index in [-0.39, 0.29) is 10.5 Å². The summed E-state index contributed by atoms with van der Waals surface area (Å²) >= 11 is 14.5. The van der Waals surface area contributed by atoms with E-state index in [0.29, 0.717) is 11.8 Å². The lowest BCUT2D eigenvalue weighted by molar-refractivity contribution is -0.138. The molecule has 0 radical (unpaired) electrons. The smallest absolute Gasteiger partial charge is 0.310 e. The average Bonchev–Trinajstić information content (AvgIpc) is 2.27. The molecule has 0 atom stereocenters. The van der Waals surface area contributed by atoms with Crippen LogP contribution in [0.15, 0.2) is 36.0 Å².